The molecule has 0 atom stereocenters. The first-order valence-corrected chi connectivity index (χ1v) is 9.57. The van der Waals surface area contributed by atoms with E-state index < -0.39 is 16.1 Å². The Balaban J connectivity index is 2.48. The zero-order chi connectivity index (χ0) is 19.3. The molecule has 0 aliphatic rings. The number of hydrogen-bond donors (Lipinski definition) is 2. The Bertz CT molecular complexity index is 931. The van der Waals surface area contributed by atoms with E-state index in [1.54, 1.807) is 0 Å². The van der Waals surface area contributed by atoms with E-state index in [0.29, 0.717) is 10.8 Å². The molecule has 9 heteroatoms. The molecule has 3 amide bonds. The van der Waals surface area contributed by atoms with Crippen molar-refractivity contribution >= 4 is 39.2 Å². The van der Waals surface area contributed by atoms with Crippen LogP contribution in [-0.4, -0.2) is 26.9 Å². The molecule has 3 N–H and O–H groups in total. The molecule has 0 aromatic heterocycles. The maximum absolute atomic E-state index is 12.8. The third-order valence-electron chi connectivity index (χ3n) is 3.41. The Labute approximate surface area is 156 Å². The fraction of sp³-hybridized carbons (Fsp3) is 0.176. The van der Waals surface area contributed by atoms with E-state index in [4.69, 9.17) is 17.3 Å². The maximum Gasteiger partial charge on any atom is 0.333 e. The van der Waals surface area contributed by atoms with Crippen LogP contribution in [0.2, 0.25) is 5.02 Å². The molecule has 2 rings (SSSR count). The van der Waals surface area contributed by atoms with E-state index in [1.165, 1.54) is 48.5 Å². The quantitative estimate of drug-likeness (QED) is 0.783. The van der Waals surface area contributed by atoms with E-state index in [0.717, 1.165) is 6.42 Å². The lowest BCUT2D eigenvalue weighted by Gasteiger charge is -2.21. The van der Waals surface area contributed by atoms with E-state index in [-0.39, 0.29) is 27.1 Å². The number of halogens is 1. The summed E-state index contributed by atoms with van der Waals surface area (Å²) in [5, 5.41) is 2.88. The Hall–Kier alpha value is -2.58. The van der Waals surface area contributed by atoms with Crippen molar-refractivity contribution in [2.75, 3.05) is 10.8 Å². The van der Waals surface area contributed by atoms with Gasteiger partial charge in [0.2, 0.25) is 0 Å². The summed E-state index contributed by atoms with van der Waals surface area (Å²) in [5.74, 6) is -0.377. The van der Waals surface area contributed by atoms with Gasteiger partial charge in [-0.05, 0) is 42.8 Å². The standard InChI is InChI=1S/C17H18ClN3O4S/c1-2-9-20-16(22)12-5-3-7-14(10-12)21(17(19)23)26(24,25)15-8-4-6-13(18)11-15/h3-8,10-11H,2,9H2,1H3,(H2,19,23)(H,20,22). The number of urea groups is 1. The molecule has 0 spiro atoms. The van der Waals surface area contributed by atoms with Crippen molar-refractivity contribution in [3.05, 3.63) is 59.1 Å². The van der Waals surface area contributed by atoms with Gasteiger partial charge in [-0.25, -0.2) is 13.2 Å². The molecule has 0 radical (unpaired) electrons. The van der Waals surface area contributed by atoms with Crippen molar-refractivity contribution in [3.63, 3.8) is 0 Å². The fourth-order valence-electron chi connectivity index (χ4n) is 2.23. The highest BCUT2D eigenvalue weighted by atomic mass is 35.5. The van der Waals surface area contributed by atoms with Gasteiger partial charge in [0.15, 0.2) is 0 Å². The molecule has 2 aromatic rings. The second-order valence-electron chi connectivity index (χ2n) is 5.37. The first-order valence-electron chi connectivity index (χ1n) is 7.76. The lowest BCUT2D eigenvalue weighted by Crippen LogP contribution is -2.41. The third kappa shape index (κ3) is 4.33. The topological polar surface area (TPSA) is 110 Å². The zero-order valence-electron chi connectivity index (χ0n) is 14.0. The van der Waals surface area contributed by atoms with Gasteiger partial charge in [0, 0.05) is 17.1 Å². The Morgan fingerprint density at radius 2 is 1.85 bits per heavy atom. The summed E-state index contributed by atoms with van der Waals surface area (Å²) in [5.41, 5.74) is 5.48. The van der Waals surface area contributed by atoms with Gasteiger partial charge in [0.05, 0.1) is 10.6 Å². The van der Waals surface area contributed by atoms with Crippen LogP contribution in [0.1, 0.15) is 23.7 Å². The average Bonchev–Trinajstić information content (AvgIpc) is 2.59. The largest absolute Gasteiger partial charge is 0.352 e. The molecule has 7 nitrogen and oxygen atoms in total. The highest BCUT2D eigenvalue weighted by molar-refractivity contribution is 7.93. The summed E-state index contributed by atoms with van der Waals surface area (Å²) in [7, 11) is -4.29. The number of amides is 3. The normalized spacial score (nSPS) is 11.0. The van der Waals surface area contributed by atoms with Gasteiger partial charge < -0.3 is 11.1 Å². The lowest BCUT2D eigenvalue weighted by molar-refractivity contribution is 0.0953. The minimum Gasteiger partial charge on any atom is -0.352 e. The molecular formula is C17H18ClN3O4S. The molecule has 26 heavy (non-hydrogen) atoms. The summed E-state index contributed by atoms with van der Waals surface area (Å²) in [4.78, 5) is 23.8. The van der Waals surface area contributed by atoms with Crippen LogP contribution in [-0.2, 0) is 10.0 Å². The second-order valence-corrected chi connectivity index (χ2v) is 7.59. The first kappa shape index (κ1) is 19.7. The predicted molar refractivity (Wildman–Crippen MR) is 99.8 cm³/mol. The Morgan fingerprint density at radius 1 is 1.15 bits per heavy atom. The zero-order valence-corrected chi connectivity index (χ0v) is 15.5. The molecule has 0 aliphatic heterocycles. The third-order valence-corrected chi connectivity index (χ3v) is 5.37. The number of sulfonamides is 1. The Kier molecular flexibility index (Phi) is 6.23. The maximum atomic E-state index is 12.8. The van der Waals surface area contributed by atoms with Crippen LogP contribution in [0, 0.1) is 0 Å². The van der Waals surface area contributed by atoms with Gasteiger partial charge in [-0.3, -0.25) is 4.79 Å². The number of benzene rings is 2. The predicted octanol–water partition coefficient (Wildman–Crippen LogP) is 2.75. The Morgan fingerprint density at radius 3 is 2.46 bits per heavy atom. The van der Waals surface area contributed by atoms with Crippen molar-refractivity contribution in [2.45, 2.75) is 18.2 Å². The number of carbonyl (C=O) groups is 2. The van der Waals surface area contributed by atoms with Crippen molar-refractivity contribution in [1.82, 2.24) is 5.32 Å². The number of rotatable bonds is 6. The van der Waals surface area contributed by atoms with Crippen LogP contribution in [0.3, 0.4) is 0 Å². The van der Waals surface area contributed by atoms with Crippen LogP contribution in [0.5, 0.6) is 0 Å². The van der Waals surface area contributed by atoms with Crippen LogP contribution in [0.4, 0.5) is 10.5 Å². The smallest absolute Gasteiger partial charge is 0.333 e. The molecule has 0 aliphatic carbocycles. The number of carbonyl (C=O) groups excluding carboxylic acids is 2. The van der Waals surface area contributed by atoms with Gasteiger partial charge in [-0.1, -0.05) is 30.7 Å². The summed E-state index contributed by atoms with van der Waals surface area (Å²) in [6.07, 6.45) is 0.752. The molecule has 0 unspecified atom stereocenters. The van der Waals surface area contributed by atoms with Crippen molar-refractivity contribution < 1.29 is 18.0 Å². The number of nitrogens with one attached hydrogen (secondary N) is 1. The van der Waals surface area contributed by atoms with Crippen LogP contribution in [0.15, 0.2) is 53.4 Å². The van der Waals surface area contributed by atoms with Gasteiger partial charge in [-0.15, -0.1) is 0 Å². The summed E-state index contributed by atoms with van der Waals surface area (Å²) >= 11 is 5.84. The molecule has 138 valence electrons. The summed E-state index contributed by atoms with van der Waals surface area (Å²) in [6.45, 7) is 2.38. The monoisotopic (exact) mass is 395 g/mol. The fourth-order valence-corrected chi connectivity index (χ4v) is 3.85. The van der Waals surface area contributed by atoms with Crippen LogP contribution >= 0.6 is 11.6 Å². The molecule has 0 fully saturated rings. The van der Waals surface area contributed by atoms with Crippen molar-refractivity contribution in [3.8, 4) is 0 Å². The van der Waals surface area contributed by atoms with Crippen molar-refractivity contribution in [1.29, 1.82) is 0 Å². The van der Waals surface area contributed by atoms with E-state index >= 15 is 0 Å². The SMILES string of the molecule is CCCNC(=O)c1cccc(N(C(N)=O)S(=O)(=O)c2cccc(Cl)c2)c1. The van der Waals surface area contributed by atoms with Gasteiger partial charge in [0.1, 0.15) is 0 Å². The minimum atomic E-state index is -4.29. The highest BCUT2D eigenvalue weighted by Crippen LogP contribution is 2.26. The summed E-state index contributed by atoms with van der Waals surface area (Å²) < 4.78 is 26.1. The second kappa shape index (κ2) is 8.20. The highest BCUT2D eigenvalue weighted by Gasteiger charge is 2.30. The lowest BCUT2D eigenvalue weighted by atomic mass is 10.2. The van der Waals surface area contributed by atoms with Gasteiger partial charge in [-0.2, -0.15) is 4.31 Å². The van der Waals surface area contributed by atoms with E-state index in [9.17, 15) is 18.0 Å². The summed E-state index contributed by atoms with van der Waals surface area (Å²) in [6, 6.07) is 9.92. The number of primary amides is 1. The molecule has 0 saturated heterocycles. The molecule has 0 bridgehead atoms. The first-order chi connectivity index (χ1) is 12.3. The number of nitrogens with two attached hydrogens (primary N) is 1. The van der Waals surface area contributed by atoms with Gasteiger partial charge in [0.25, 0.3) is 15.9 Å². The molecule has 0 saturated carbocycles. The number of anilines is 1. The average molecular weight is 396 g/mol. The van der Waals surface area contributed by atoms with E-state index in [1.807, 2.05) is 6.92 Å². The molecule has 0 heterocycles. The van der Waals surface area contributed by atoms with Gasteiger partial charge >= 0.3 is 6.03 Å². The van der Waals surface area contributed by atoms with Crippen LogP contribution < -0.4 is 15.4 Å². The van der Waals surface area contributed by atoms with Crippen molar-refractivity contribution in [2.24, 2.45) is 5.73 Å². The molecular weight excluding hydrogens is 378 g/mol. The number of nitrogens with zero attached hydrogens (tertiary/aromatic N) is 1. The molecule has 2 aromatic carbocycles. The van der Waals surface area contributed by atoms with E-state index in [2.05, 4.69) is 5.32 Å². The minimum absolute atomic E-state index is 0.0402. The van der Waals surface area contributed by atoms with Crippen LogP contribution in [0.25, 0.3) is 0 Å². The number of hydrogen-bond acceptors (Lipinski definition) is 4.